The van der Waals surface area contributed by atoms with Gasteiger partial charge in [-0.05, 0) is 11.1 Å². The number of rotatable bonds is 4. The number of carbonyl (C=O) groups is 2. The molecule has 28 heavy (non-hydrogen) atoms. The molecule has 148 valence electrons. The van der Waals surface area contributed by atoms with Crippen molar-refractivity contribution >= 4 is 12.0 Å². The zero-order valence-corrected chi connectivity index (χ0v) is 17.0. The van der Waals surface area contributed by atoms with Crippen LogP contribution in [0.2, 0.25) is 0 Å². The third-order valence-corrected chi connectivity index (χ3v) is 5.06. The summed E-state index contributed by atoms with van der Waals surface area (Å²) in [5, 5.41) is 0. The fourth-order valence-corrected chi connectivity index (χ4v) is 3.87. The van der Waals surface area contributed by atoms with Crippen LogP contribution in [0.25, 0.3) is 0 Å². The smallest absolute Gasteiger partial charge is 0.412 e. The summed E-state index contributed by atoms with van der Waals surface area (Å²) in [4.78, 5) is 29.4. The van der Waals surface area contributed by atoms with Gasteiger partial charge in [-0.1, -0.05) is 81.4 Å². The van der Waals surface area contributed by atoms with Gasteiger partial charge in [-0.15, -0.1) is 0 Å². The first-order valence-corrected chi connectivity index (χ1v) is 9.58. The highest BCUT2D eigenvalue weighted by Crippen LogP contribution is 2.35. The molecule has 2 amide bonds. The van der Waals surface area contributed by atoms with Crippen LogP contribution in [0.15, 0.2) is 60.7 Å². The van der Waals surface area contributed by atoms with Crippen LogP contribution in [0, 0.1) is 5.41 Å². The first-order chi connectivity index (χ1) is 13.3. The molecule has 1 aliphatic rings. The van der Waals surface area contributed by atoms with Crippen molar-refractivity contribution in [3.05, 3.63) is 71.8 Å². The largest absolute Gasteiger partial charge is 0.444 e. The quantitative estimate of drug-likeness (QED) is 0.803. The Labute approximate surface area is 166 Å². The summed E-state index contributed by atoms with van der Waals surface area (Å²) < 4.78 is 5.61. The molecule has 0 aliphatic carbocycles. The van der Waals surface area contributed by atoms with E-state index in [-0.39, 0.29) is 24.1 Å². The van der Waals surface area contributed by atoms with Crippen molar-refractivity contribution in [2.24, 2.45) is 5.41 Å². The highest BCUT2D eigenvalue weighted by molar-refractivity contribution is 5.89. The molecule has 2 aromatic rings. The van der Waals surface area contributed by atoms with Gasteiger partial charge in [0, 0.05) is 18.9 Å². The van der Waals surface area contributed by atoms with Crippen molar-refractivity contribution in [2.75, 3.05) is 7.05 Å². The first kappa shape index (κ1) is 19.9. The molecule has 3 rings (SSSR count). The number of carbonyl (C=O) groups excluding carboxylic acids is 2. The Morgan fingerprint density at radius 1 is 0.964 bits per heavy atom. The first-order valence-electron chi connectivity index (χ1n) is 9.58. The molecule has 0 N–H and O–H groups in total. The maximum atomic E-state index is 13.1. The molecule has 0 bridgehead atoms. The minimum absolute atomic E-state index is 0.0551. The second-order valence-electron chi connectivity index (χ2n) is 8.34. The Hall–Kier alpha value is -2.82. The third-order valence-electron chi connectivity index (χ3n) is 5.06. The predicted octanol–water partition coefficient (Wildman–Crippen LogP) is 4.08. The van der Waals surface area contributed by atoms with Crippen LogP contribution < -0.4 is 0 Å². The number of benzene rings is 2. The lowest BCUT2D eigenvalue weighted by Gasteiger charge is -2.38. The van der Waals surface area contributed by atoms with Gasteiger partial charge in [-0.25, -0.2) is 4.79 Å². The van der Waals surface area contributed by atoms with E-state index in [9.17, 15) is 9.59 Å². The van der Waals surface area contributed by atoms with E-state index in [0.717, 1.165) is 11.1 Å². The van der Waals surface area contributed by atoms with Crippen LogP contribution in [0.4, 0.5) is 4.79 Å². The average Bonchev–Trinajstić information content (AvgIpc) is 2.93. The second kappa shape index (κ2) is 8.05. The van der Waals surface area contributed by atoms with E-state index in [0.29, 0.717) is 6.42 Å². The number of hydrogen-bond acceptors (Lipinski definition) is 3. The van der Waals surface area contributed by atoms with Crippen LogP contribution >= 0.6 is 0 Å². The van der Waals surface area contributed by atoms with Crippen molar-refractivity contribution in [1.82, 2.24) is 9.80 Å². The fourth-order valence-electron chi connectivity index (χ4n) is 3.87. The van der Waals surface area contributed by atoms with Crippen molar-refractivity contribution in [2.45, 2.75) is 46.0 Å². The molecule has 1 saturated heterocycles. The number of amides is 2. The van der Waals surface area contributed by atoms with Crippen LogP contribution in [0.1, 0.15) is 31.9 Å². The summed E-state index contributed by atoms with van der Waals surface area (Å²) in [7, 11) is 1.76. The minimum Gasteiger partial charge on any atom is -0.444 e. The van der Waals surface area contributed by atoms with Gasteiger partial charge in [0.25, 0.3) is 0 Å². The Balaban J connectivity index is 1.86. The molecule has 0 unspecified atom stereocenters. The zero-order chi connectivity index (χ0) is 20.3. The molecule has 5 nitrogen and oxygen atoms in total. The maximum absolute atomic E-state index is 13.1. The lowest BCUT2D eigenvalue weighted by atomic mass is 9.91. The Kier molecular flexibility index (Phi) is 5.73. The van der Waals surface area contributed by atoms with Crippen molar-refractivity contribution in [3.8, 4) is 0 Å². The van der Waals surface area contributed by atoms with Gasteiger partial charge in [0.05, 0.1) is 0 Å². The van der Waals surface area contributed by atoms with E-state index in [1.165, 1.54) is 0 Å². The van der Waals surface area contributed by atoms with E-state index in [1.54, 1.807) is 16.8 Å². The molecule has 0 aromatic heterocycles. The summed E-state index contributed by atoms with van der Waals surface area (Å²) in [6.07, 6.45) is -0.351. The second-order valence-corrected chi connectivity index (χ2v) is 8.34. The highest BCUT2D eigenvalue weighted by atomic mass is 16.6. The molecule has 5 heteroatoms. The average molecular weight is 380 g/mol. The van der Waals surface area contributed by atoms with Gasteiger partial charge in [-0.3, -0.25) is 9.69 Å². The van der Waals surface area contributed by atoms with Gasteiger partial charge in [0.2, 0.25) is 5.91 Å². The number of likely N-dealkylation sites (N-methyl/N-ethyl adjacent to an activating group) is 1. The molecule has 1 aliphatic heterocycles. The zero-order valence-electron chi connectivity index (χ0n) is 17.0. The topological polar surface area (TPSA) is 49.9 Å². The van der Waals surface area contributed by atoms with Crippen molar-refractivity contribution < 1.29 is 14.3 Å². The summed E-state index contributed by atoms with van der Waals surface area (Å²) in [6, 6.07) is 18.8. The lowest BCUT2D eigenvalue weighted by Crippen LogP contribution is -2.51. The molecule has 0 spiro atoms. The normalized spacial score (nSPS) is 19.8. The summed E-state index contributed by atoms with van der Waals surface area (Å²) in [5.74, 6) is -0.0551. The Bertz CT molecular complexity index is 815. The van der Waals surface area contributed by atoms with Gasteiger partial charge in [0.15, 0.2) is 0 Å². The number of hydrogen-bond donors (Lipinski definition) is 0. The van der Waals surface area contributed by atoms with E-state index in [2.05, 4.69) is 0 Å². The molecule has 2 atom stereocenters. The van der Waals surface area contributed by atoms with E-state index in [1.807, 2.05) is 81.4 Å². The van der Waals surface area contributed by atoms with Gasteiger partial charge < -0.3 is 9.64 Å². The van der Waals surface area contributed by atoms with Gasteiger partial charge >= 0.3 is 6.09 Å². The summed E-state index contributed by atoms with van der Waals surface area (Å²) in [5.41, 5.74) is 1.63. The molecule has 1 fully saturated rings. The molecule has 0 saturated carbocycles. The molecule has 0 radical (unpaired) electrons. The van der Waals surface area contributed by atoms with E-state index < -0.39 is 12.1 Å². The monoisotopic (exact) mass is 380 g/mol. The maximum Gasteiger partial charge on any atom is 0.412 e. The van der Waals surface area contributed by atoms with Crippen molar-refractivity contribution in [3.63, 3.8) is 0 Å². The van der Waals surface area contributed by atoms with E-state index >= 15 is 0 Å². The lowest BCUT2D eigenvalue weighted by molar-refractivity contribution is -0.129. The van der Waals surface area contributed by atoms with Crippen LogP contribution in [-0.4, -0.2) is 41.1 Å². The van der Waals surface area contributed by atoms with Crippen LogP contribution in [0.5, 0.6) is 0 Å². The van der Waals surface area contributed by atoms with Gasteiger partial charge in [0.1, 0.15) is 18.8 Å². The standard InChI is InChI=1S/C23H28N2O3/c1-23(2,3)21-24(4)20(26)19(15-17-11-7-5-8-12-17)25(21)22(27)28-16-18-13-9-6-10-14-18/h5-14,19,21H,15-16H2,1-4H3/t19-,21+/m1/s1. The van der Waals surface area contributed by atoms with Crippen molar-refractivity contribution in [1.29, 1.82) is 0 Å². The Morgan fingerprint density at radius 3 is 2.04 bits per heavy atom. The fraction of sp³-hybridized carbons (Fsp3) is 0.391. The highest BCUT2D eigenvalue weighted by Gasteiger charge is 2.51. The van der Waals surface area contributed by atoms with Crippen LogP contribution in [-0.2, 0) is 22.6 Å². The predicted molar refractivity (Wildman–Crippen MR) is 108 cm³/mol. The van der Waals surface area contributed by atoms with Gasteiger partial charge in [-0.2, -0.15) is 0 Å². The number of ether oxygens (including phenoxy) is 1. The molecular weight excluding hydrogens is 352 g/mol. The number of nitrogens with zero attached hydrogens (tertiary/aromatic N) is 2. The van der Waals surface area contributed by atoms with E-state index in [4.69, 9.17) is 4.74 Å². The van der Waals surface area contributed by atoms with Crippen LogP contribution in [0.3, 0.4) is 0 Å². The molecular formula is C23H28N2O3. The molecule has 1 heterocycles. The molecule has 2 aromatic carbocycles. The third kappa shape index (κ3) is 4.19. The summed E-state index contributed by atoms with van der Waals surface area (Å²) >= 11 is 0. The Morgan fingerprint density at radius 2 is 1.50 bits per heavy atom. The summed E-state index contributed by atoms with van der Waals surface area (Å²) in [6.45, 7) is 6.28. The minimum atomic E-state index is -0.570. The SMILES string of the molecule is CN1C(=O)[C@@H](Cc2ccccc2)N(C(=O)OCc2ccccc2)[C@H]1C(C)(C)C.